The van der Waals surface area contributed by atoms with E-state index in [-0.39, 0.29) is 28.8 Å². The molecule has 26 heavy (non-hydrogen) atoms. The summed E-state index contributed by atoms with van der Waals surface area (Å²) >= 11 is 0. The lowest BCUT2D eigenvalue weighted by molar-refractivity contribution is 0.0728. The second-order valence-electron chi connectivity index (χ2n) is 8.66. The van der Waals surface area contributed by atoms with Gasteiger partial charge in [0.15, 0.2) is 5.76 Å². The summed E-state index contributed by atoms with van der Waals surface area (Å²) in [6.45, 7) is 5.23. The predicted molar refractivity (Wildman–Crippen MR) is 98.1 cm³/mol. The molecule has 1 amide bonds. The number of nitrogens with two attached hydrogens (primary N) is 1. The van der Waals surface area contributed by atoms with Crippen LogP contribution in [-0.2, 0) is 10.0 Å². The molecule has 0 radical (unpaired) electrons. The quantitative estimate of drug-likeness (QED) is 0.736. The number of sulfonamides is 1. The molecule has 7 nitrogen and oxygen atoms in total. The molecule has 2 aliphatic carbocycles. The zero-order valence-corrected chi connectivity index (χ0v) is 16.4. The summed E-state index contributed by atoms with van der Waals surface area (Å²) < 4.78 is 32.5. The van der Waals surface area contributed by atoms with E-state index in [0.29, 0.717) is 11.8 Å². The van der Waals surface area contributed by atoms with Gasteiger partial charge in [-0.1, -0.05) is 6.42 Å². The molecular formula is C18H29N3O4S. The van der Waals surface area contributed by atoms with Crippen LogP contribution in [0.3, 0.4) is 0 Å². The normalized spacial score (nSPS) is 29.4. The van der Waals surface area contributed by atoms with Crippen molar-refractivity contribution in [2.24, 2.45) is 17.6 Å². The van der Waals surface area contributed by atoms with Crippen LogP contribution in [0.15, 0.2) is 21.6 Å². The Morgan fingerprint density at radius 1 is 1.19 bits per heavy atom. The molecule has 0 aliphatic heterocycles. The molecule has 1 aromatic rings. The summed E-state index contributed by atoms with van der Waals surface area (Å²) in [6.07, 6.45) is 5.17. The smallest absolute Gasteiger partial charge is 0.287 e. The van der Waals surface area contributed by atoms with E-state index in [4.69, 9.17) is 10.2 Å². The first-order valence-corrected chi connectivity index (χ1v) is 10.7. The van der Waals surface area contributed by atoms with Crippen molar-refractivity contribution in [1.82, 2.24) is 10.0 Å². The van der Waals surface area contributed by atoms with Crippen molar-refractivity contribution in [1.29, 1.82) is 0 Å². The Hall–Kier alpha value is -1.38. The van der Waals surface area contributed by atoms with Crippen LogP contribution >= 0.6 is 0 Å². The molecule has 3 rings (SSSR count). The van der Waals surface area contributed by atoms with Crippen molar-refractivity contribution in [3.05, 3.63) is 17.9 Å². The number of amides is 1. The van der Waals surface area contributed by atoms with Crippen molar-refractivity contribution in [2.45, 2.75) is 75.6 Å². The maximum atomic E-state index is 12.6. The van der Waals surface area contributed by atoms with Crippen LogP contribution in [0.25, 0.3) is 0 Å². The number of hydrogen-bond acceptors (Lipinski definition) is 5. The summed E-state index contributed by atoms with van der Waals surface area (Å²) in [7, 11) is -3.80. The number of furan rings is 1. The van der Waals surface area contributed by atoms with Crippen molar-refractivity contribution < 1.29 is 17.6 Å². The Balaban J connectivity index is 1.71. The van der Waals surface area contributed by atoms with Gasteiger partial charge in [-0.2, -0.15) is 0 Å². The Labute approximate surface area is 155 Å². The van der Waals surface area contributed by atoms with Gasteiger partial charge in [-0.25, -0.2) is 13.1 Å². The molecule has 4 N–H and O–H groups in total. The van der Waals surface area contributed by atoms with Gasteiger partial charge in [-0.05, 0) is 70.4 Å². The van der Waals surface area contributed by atoms with Gasteiger partial charge in [-0.15, -0.1) is 0 Å². The first-order chi connectivity index (χ1) is 12.0. The van der Waals surface area contributed by atoms with Crippen molar-refractivity contribution in [2.75, 3.05) is 0 Å². The minimum absolute atomic E-state index is 0.0206. The van der Waals surface area contributed by atoms with Gasteiger partial charge in [0.1, 0.15) is 0 Å². The van der Waals surface area contributed by atoms with Crippen LogP contribution in [0, 0.1) is 11.8 Å². The Morgan fingerprint density at radius 2 is 1.81 bits per heavy atom. The monoisotopic (exact) mass is 383 g/mol. The fourth-order valence-electron chi connectivity index (χ4n) is 4.29. The van der Waals surface area contributed by atoms with E-state index >= 15 is 0 Å². The number of hydrogen-bond donors (Lipinski definition) is 3. The number of carbonyl (C=O) groups is 1. The van der Waals surface area contributed by atoms with Crippen LogP contribution in [0.4, 0.5) is 0 Å². The summed E-state index contributed by atoms with van der Waals surface area (Å²) in [5, 5.41) is 2.82. The van der Waals surface area contributed by atoms with E-state index in [0.717, 1.165) is 25.7 Å². The predicted octanol–water partition coefficient (Wildman–Crippen LogP) is 1.99. The average Bonchev–Trinajstić information content (AvgIpc) is 2.96. The fourth-order valence-corrected chi connectivity index (χ4v) is 5.64. The average molecular weight is 384 g/mol. The zero-order valence-electron chi connectivity index (χ0n) is 15.6. The number of nitrogens with one attached hydrogen (secondary N) is 2. The molecule has 1 aromatic heterocycles. The van der Waals surface area contributed by atoms with E-state index in [1.165, 1.54) is 18.6 Å². The third kappa shape index (κ3) is 4.29. The maximum absolute atomic E-state index is 12.6. The highest BCUT2D eigenvalue weighted by atomic mass is 32.2. The lowest BCUT2D eigenvalue weighted by Gasteiger charge is -2.45. The molecule has 2 fully saturated rings. The SMILES string of the molecule is CC(C)(C)NS(=O)(=O)c1ccc(C(=O)NC2C3CCCC2CC(N)C3)o1. The van der Waals surface area contributed by atoms with Gasteiger partial charge in [0, 0.05) is 17.6 Å². The molecular weight excluding hydrogens is 354 g/mol. The molecule has 0 aromatic carbocycles. The van der Waals surface area contributed by atoms with E-state index in [2.05, 4.69) is 10.0 Å². The van der Waals surface area contributed by atoms with Gasteiger partial charge in [0.05, 0.1) is 0 Å². The van der Waals surface area contributed by atoms with Gasteiger partial charge >= 0.3 is 0 Å². The number of fused-ring (bicyclic) bond motifs is 2. The molecule has 146 valence electrons. The molecule has 8 heteroatoms. The number of rotatable bonds is 4. The van der Waals surface area contributed by atoms with Crippen LogP contribution in [0.1, 0.15) is 63.4 Å². The molecule has 2 unspecified atom stereocenters. The molecule has 2 saturated carbocycles. The highest BCUT2D eigenvalue weighted by molar-refractivity contribution is 7.89. The van der Waals surface area contributed by atoms with Crippen LogP contribution < -0.4 is 15.8 Å². The molecule has 0 saturated heterocycles. The van der Waals surface area contributed by atoms with Crippen molar-refractivity contribution >= 4 is 15.9 Å². The van der Waals surface area contributed by atoms with Gasteiger partial charge < -0.3 is 15.5 Å². The standard InChI is InChI=1S/C18H29N3O4S/c1-18(2,3)21-26(23,24)15-8-7-14(25-15)17(22)20-16-11-5-4-6-12(16)10-13(19)9-11/h7-8,11-13,16,21H,4-6,9-10,19H2,1-3H3,(H,20,22). The van der Waals surface area contributed by atoms with Gasteiger partial charge in [-0.3, -0.25) is 4.79 Å². The highest BCUT2D eigenvalue weighted by Crippen LogP contribution is 2.39. The van der Waals surface area contributed by atoms with E-state index < -0.39 is 15.6 Å². The van der Waals surface area contributed by atoms with Crippen LogP contribution in [0.2, 0.25) is 0 Å². The second kappa shape index (κ2) is 6.98. The third-order valence-electron chi connectivity index (χ3n) is 5.18. The fraction of sp³-hybridized carbons (Fsp3) is 0.722. The molecule has 2 aliphatic rings. The third-order valence-corrected chi connectivity index (χ3v) is 6.82. The Morgan fingerprint density at radius 3 is 2.38 bits per heavy atom. The minimum atomic E-state index is -3.80. The van der Waals surface area contributed by atoms with Crippen LogP contribution in [0.5, 0.6) is 0 Å². The molecule has 0 spiro atoms. The second-order valence-corrected chi connectivity index (χ2v) is 10.3. The van der Waals surface area contributed by atoms with E-state index in [1.807, 2.05) is 0 Å². The zero-order chi connectivity index (χ0) is 19.1. The first-order valence-electron chi connectivity index (χ1n) is 9.25. The van der Waals surface area contributed by atoms with E-state index in [9.17, 15) is 13.2 Å². The molecule has 2 atom stereocenters. The molecule has 2 bridgehead atoms. The lowest BCUT2D eigenvalue weighted by Crippen LogP contribution is -2.53. The summed E-state index contributed by atoms with van der Waals surface area (Å²) in [6, 6.07) is 3.04. The number of carbonyl (C=O) groups excluding carboxylic acids is 1. The summed E-state index contributed by atoms with van der Waals surface area (Å²) in [5.74, 6) is 0.441. The maximum Gasteiger partial charge on any atom is 0.287 e. The Bertz CT molecular complexity index is 752. The summed E-state index contributed by atoms with van der Waals surface area (Å²) in [4.78, 5) is 12.6. The first kappa shape index (κ1) is 19.4. The van der Waals surface area contributed by atoms with E-state index in [1.54, 1.807) is 20.8 Å². The Kier molecular flexibility index (Phi) is 5.20. The van der Waals surface area contributed by atoms with Crippen molar-refractivity contribution in [3.8, 4) is 0 Å². The topological polar surface area (TPSA) is 114 Å². The summed E-state index contributed by atoms with van der Waals surface area (Å²) in [5.41, 5.74) is 5.49. The van der Waals surface area contributed by atoms with Gasteiger partial charge in [0.2, 0.25) is 5.09 Å². The largest absolute Gasteiger partial charge is 0.438 e. The van der Waals surface area contributed by atoms with Crippen LogP contribution in [-0.4, -0.2) is 31.9 Å². The van der Waals surface area contributed by atoms with Crippen molar-refractivity contribution in [3.63, 3.8) is 0 Å². The lowest BCUT2D eigenvalue weighted by atomic mass is 9.67. The molecule has 1 heterocycles. The highest BCUT2D eigenvalue weighted by Gasteiger charge is 2.40. The van der Waals surface area contributed by atoms with Gasteiger partial charge in [0.25, 0.3) is 15.9 Å². The minimum Gasteiger partial charge on any atom is -0.438 e.